The predicted molar refractivity (Wildman–Crippen MR) is 96.6 cm³/mol. The maximum atomic E-state index is 13.6. The number of halogens is 2. The van der Waals surface area contributed by atoms with Crippen molar-refractivity contribution < 1.29 is 22.7 Å². The van der Waals surface area contributed by atoms with Crippen LogP contribution in [0.3, 0.4) is 0 Å². The summed E-state index contributed by atoms with van der Waals surface area (Å²) in [5.74, 6) is -1.04. The zero-order valence-corrected chi connectivity index (χ0v) is 15.2. The Morgan fingerprint density at radius 2 is 1.93 bits per heavy atom. The maximum absolute atomic E-state index is 13.6. The second kappa shape index (κ2) is 8.17. The van der Waals surface area contributed by atoms with Crippen LogP contribution in [0.15, 0.2) is 52.1 Å². The van der Waals surface area contributed by atoms with E-state index in [1.54, 1.807) is 38.3 Å². The number of hydrogen-bond acceptors (Lipinski definition) is 6. The van der Waals surface area contributed by atoms with Crippen molar-refractivity contribution in [3.63, 3.8) is 0 Å². The van der Waals surface area contributed by atoms with E-state index >= 15 is 0 Å². The van der Waals surface area contributed by atoms with Crippen molar-refractivity contribution in [3.05, 3.63) is 54.1 Å². The van der Waals surface area contributed by atoms with E-state index in [4.69, 9.17) is 9.15 Å². The quantitative estimate of drug-likeness (QED) is 0.637. The molecule has 0 saturated carbocycles. The molecule has 1 amide bonds. The summed E-state index contributed by atoms with van der Waals surface area (Å²) < 4.78 is 37.2. The van der Waals surface area contributed by atoms with Crippen LogP contribution in [0.1, 0.15) is 6.92 Å². The Labute approximate surface area is 157 Å². The number of aromatic nitrogens is 2. The molecule has 0 unspecified atom stereocenters. The van der Waals surface area contributed by atoms with Crippen LogP contribution in [0.5, 0.6) is 5.75 Å². The van der Waals surface area contributed by atoms with Gasteiger partial charge in [0, 0.05) is 11.6 Å². The number of nitrogens with zero attached hydrogens (tertiary/aromatic N) is 2. The lowest BCUT2D eigenvalue weighted by Crippen LogP contribution is -2.23. The summed E-state index contributed by atoms with van der Waals surface area (Å²) in [7, 11) is 1.57. The SMILES string of the molecule is COc1ccc(-c2nnc(S[C@H](C)C(=O)Nc3ccc(F)cc3F)o2)cc1. The summed E-state index contributed by atoms with van der Waals surface area (Å²) in [6.45, 7) is 1.61. The topological polar surface area (TPSA) is 77.2 Å². The highest BCUT2D eigenvalue weighted by Gasteiger charge is 2.20. The highest BCUT2D eigenvalue weighted by molar-refractivity contribution is 8.00. The number of ether oxygens (including phenoxy) is 1. The minimum Gasteiger partial charge on any atom is -0.497 e. The first-order chi connectivity index (χ1) is 13.0. The van der Waals surface area contributed by atoms with Crippen molar-refractivity contribution in [2.24, 2.45) is 0 Å². The Balaban J connectivity index is 1.64. The maximum Gasteiger partial charge on any atom is 0.277 e. The van der Waals surface area contributed by atoms with E-state index in [1.807, 2.05) is 0 Å². The molecule has 0 aliphatic heterocycles. The van der Waals surface area contributed by atoms with Crippen molar-refractivity contribution in [1.29, 1.82) is 0 Å². The summed E-state index contributed by atoms with van der Waals surface area (Å²) in [4.78, 5) is 12.2. The number of nitrogens with one attached hydrogen (secondary N) is 1. The first-order valence-electron chi connectivity index (χ1n) is 7.87. The molecular weight excluding hydrogens is 376 g/mol. The van der Waals surface area contributed by atoms with E-state index < -0.39 is 22.8 Å². The van der Waals surface area contributed by atoms with Gasteiger partial charge < -0.3 is 14.5 Å². The molecule has 1 aromatic heterocycles. The predicted octanol–water partition coefficient (Wildman–Crippen LogP) is 4.14. The molecule has 0 radical (unpaired) electrons. The molecule has 0 aliphatic carbocycles. The molecule has 3 aromatic rings. The first kappa shape index (κ1) is 18.8. The Kier molecular flexibility index (Phi) is 5.70. The highest BCUT2D eigenvalue weighted by atomic mass is 32.2. The zero-order valence-electron chi connectivity index (χ0n) is 14.4. The molecule has 0 bridgehead atoms. The average molecular weight is 391 g/mol. The first-order valence-corrected chi connectivity index (χ1v) is 8.74. The minimum atomic E-state index is -0.847. The van der Waals surface area contributed by atoms with Gasteiger partial charge >= 0.3 is 0 Å². The van der Waals surface area contributed by atoms with Crippen molar-refractivity contribution in [1.82, 2.24) is 10.2 Å². The molecule has 27 heavy (non-hydrogen) atoms. The van der Waals surface area contributed by atoms with E-state index in [-0.39, 0.29) is 10.9 Å². The summed E-state index contributed by atoms with van der Waals surface area (Å²) in [5.41, 5.74) is 0.610. The van der Waals surface area contributed by atoms with Gasteiger partial charge in [-0.25, -0.2) is 8.78 Å². The van der Waals surface area contributed by atoms with Gasteiger partial charge in [0.05, 0.1) is 18.0 Å². The van der Waals surface area contributed by atoms with Gasteiger partial charge in [0.2, 0.25) is 11.8 Å². The fourth-order valence-corrected chi connectivity index (χ4v) is 2.82. The standard InChI is InChI=1S/C18H15F2N3O3S/c1-10(16(24)21-15-8-5-12(19)9-14(15)20)27-18-23-22-17(26-18)11-3-6-13(25-2)7-4-11/h3-10H,1-2H3,(H,21,24)/t10-/m1/s1. The molecule has 9 heteroatoms. The van der Waals surface area contributed by atoms with Gasteiger partial charge in [-0.1, -0.05) is 11.8 Å². The lowest BCUT2D eigenvalue weighted by atomic mass is 10.2. The largest absolute Gasteiger partial charge is 0.497 e. The van der Waals surface area contributed by atoms with Gasteiger partial charge in [-0.05, 0) is 43.3 Å². The monoisotopic (exact) mass is 391 g/mol. The number of anilines is 1. The molecule has 0 aliphatic rings. The van der Waals surface area contributed by atoms with Gasteiger partial charge in [-0.15, -0.1) is 10.2 Å². The molecular formula is C18H15F2N3O3S. The highest BCUT2D eigenvalue weighted by Crippen LogP contribution is 2.28. The fourth-order valence-electron chi connectivity index (χ4n) is 2.14. The van der Waals surface area contributed by atoms with E-state index in [1.165, 1.54) is 0 Å². The number of thioether (sulfide) groups is 1. The molecule has 1 heterocycles. The van der Waals surface area contributed by atoms with Crippen molar-refractivity contribution in [2.75, 3.05) is 12.4 Å². The van der Waals surface area contributed by atoms with Crippen LogP contribution in [0, 0.1) is 11.6 Å². The number of hydrogen-bond donors (Lipinski definition) is 1. The van der Waals surface area contributed by atoms with E-state index in [0.717, 1.165) is 23.9 Å². The van der Waals surface area contributed by atoms with Crippen LogP contribution in [-0.4, -0.2) is 28.5 Å². The summed E-state index contributed by atoms with van der Waals surface area (Å²) in [6.07, 6.45) is 0. The zero-order chi connectivity index (χ0) is 19.4. The van der Waals surface area contributed by atoms with Crippen LogP contribution in [0.25, 0.3) is 11.5 Å². The van der Waals surface area contributed by atoms with Crippen molar-refractivity contribution >= 4 is 23.4 Å². The van der Waals surface area contributed by atoms with Crippen molar-refractivity contribution in [3.8, 4) is 17.2 Å². The number of benzene rings is 2. The van der Waals surface area contributed by atoms with Crippen LogP contribution in [-0.2, 0) is 4.79 Å². The third-order valence-corrected chi connectivity index (χ3v) is 4.51. The van der Waals surface area contributed by atoms with Crippen molar-refractivity contribution in [2.45, 2.75) is 17.4 Å². The average Bonchev–Trinajstić information content (AvgIpc) is 3.12. The molecule has 140 valence electrons. The smallest absolute Gasteiger partial charge is 0.277 e. The van der Waals surface area contributed by atoms with Crippen LogP contribution in [0.4, 0.5) is 14.5 Å². The second-order valence-electron chi connectivity index (χ2n) is 5.48. The number of carbonyl (C=O) groups is 1. The van der Waals surface area contributed by atoms with Crippen LogP contribution >= 0.6 is 11.8 Å². The molecule has 1 N–H and O–H groups in total. The molecule has 1 atom stereocenters. The third kappa shape index (κ3) is 4.62. The molecule has 0 fully saturated rings. The Bertz CT molecular complexity index is 947. The van der Waals surface area contributed by atoms with Crippen LogP contribution in [0.2, 0.25) is 0 Å². The Morgan fingerprint density at radius 1 is 1.19 bits per heavy atom. The van der Waals surface area contributed by atoms with Gasteiger partial charge in [0.15, 0.2) is 0 Å². The number of carbonyl (C=O) groups excluding carboxylic acids is 1. The molecule has 0 saturated heterocycles. The van der Waals surface area contributed by atoms with Gasteiger partial charge in [0.1, 0.15) is 17.4 Å². The van der Waals surface area contributed by atoms with Gasteiger partial charge in [-0.2, -0.15) is 0 Å². The number of rotatable bonds is 6. The summed E-state index contributed by atoms with van der Waals surface area (Å²) in [5, 5.41) is 9.82. The minimum absolute atomic E-state index is 0.0988. The van der Waals surface area contributed by atoms with Crippen LogP contribution < -0.4 is 10.1 Å². The summed E-state index contributed by atoms with van der Waals surface area (Å²) in [6, 6.07) is 10.00. The molecule has 2 aromatic carbocycles. The molecule has 0 spiro atoms. The van der Waals surface area contributed by atoms with E-state index in [2.05, 4.69) is 15.5 Å². The van der Waals surface area contributed by atoms with E-state index in [9.17, 15) is 13.6 Å². The molecule has 6 nitrogen and oxygen atoms in total. The van der Waals surface area contributed by atoms with Gasteiger partial charge in [0.25, 0.3) is 5.22 Å². The Hall–Kier alpha value is -2.94. The lowest BCUT2D eigenvalue weighted by molar-refractivity contribution is -0.115. The number of methoxy groups -OCH3 is 1. The Morgan fingerprint density at radius 3 is 2.59 bits per heavy atom. The second-order valence-corrected chi connectivity index (χ2v) is 6.77. The summed E-state index contributed by atoms with van der Waals surface area (Å²) >= 11 is 1.03. The normalized spacial score (nSPS) is 11.9. The lowest BCUT2D eigenvalue weighted by Gasteiger charge is -2.10. The number of amides is 1. The fraction of sp³-hybridized carbons (Fsp3) is 0.167. The third-order valence-electron chi connectivity index (χ3n) is 3.58. The van der Waals surface area contributed by atoms with E-state index in [0.29, 0.717) is 23.3 Å². The van der Waals surface area contributed by atoms with Gasteiger partial charge in [-0.3, -0.25) is 4.79 Å². The molecule has 3 rings (SSSR count).